The molecule has 122 valence electrons. The smallest absolute Gasteiger partial charge is 0.248 e. The van der Waals surface area contributed by atoms with Crippen molar-refractivity contribution in [2.75, 3.05) is 23.7 Å². The molecule has 0 saturated carbocycles. The molecule has 1 aliphatic rings. The van der Waals surface area contributed by atoms with Crippen molar-refractivity contribution in [1.82, 2.24) is 9.97 Å². The van der Waals surface area contributed by atoms with Gasteiger partial charge in [-0.25, -0.2) is 4.98 Å². The molecule has 1 fully saturated rings. The van der Waals surface area contributed by atoms with E-state index in [-0.39, 0.29) is 0 Å². The summed E-state index contributed by atoms with van der Waals surface area (Å²) in [5, 5.41) is 0. The molecule has 5 heteroatoms. The van der Waals surface area contributed by atoms with Gasteiger partial charge in [-0.15, -0.1) is 0 Å². The SMILES string of the molecule is Cc1cccc(Oc2nc(C)nc(N3CCCC(C)C3)c2N)c1. The van der Waals surface area contributed by atoms with Crippen LogP contribution in [0.15, 0.2) is 24.3 Å². The zero-order valence-electron chi connectivity index (χ0n) is 14.0. The van der Waals surface area contributed by atoms with Crippen molar-refractivity contribution in [3.05, 3.63) is 35.7 Å². The Hall–Kier alpha value is -2.30. The van der Waals surface area contributed by atoms with Crippen LogP contribution < -0.4 is 15.4 Å². The standard InChI is InChI=1S/C18H24N4O/c1-12-6-4-8-15(10-12)23-18-16(19)17(20-14(3)21-18)22-9-5-7-13(2)11-22/h4,6,8,10,13H,5,7,9,11,19H2,1-3H3. The number of nitrogens with two attached hydrogens (primary N) is 1. The van der Waals surface area contributed by atoms with Crippen LogP contribution in [0.5, 0.6) is 11.6 Å². The van der Waals surface area contributed by atoms with E-state index in [2.05, 4.69) is 21.8 Å². The molecule has 0 aliphatic carbocycles. The number of nitrogen functional groups attached to an aromatic ring is 1. The van der Waals surface area contributed by atoms with Gasteiger partial charge in [0, 0.05) is 13.1 Å². The molecule has 1 saturated heterocycles. The highest BCUT2D eigenvalue weighted by Crippen LogP contribution is 2.34. The number of benzene rings is 1. The summed E-state index contributed by atoms with van der Waals surface area (Å²) in [6.45, 7) is 8.13. The monoisotopic (exact) mass is 312 g/mol. The number of anilines is 2. The highest BCUT2D eigenvalue weighted by molar-refractivity contribution is 5.69. The van der Waals surface area contributed by atoms with Gasteiger partial charge in [0.05, 0.1) is 0 Å². The zero-order chi connectivity index (χ0) is 16.4. The van der Waals surface area contributed by atoms with Crippen molar-refractivity contribution < 1.29 is 4.74 Å². The molecule has 2 aromatic rings. The van der Waals surface area contributed by atoms with Crippen molar-refractivity contribution >= 4 is 11.5 Å². The summed E-state index contributed by atoms with van der Waals surface area (Å²) in [5.41, 5.74) is 7.98. The second-order valence-corrected chi connectivity index (χ2v) is 6.43. The molecule has 1 aromatic carbocycles. The lowest BCUT2D eigenvalue weighted by atomic mass is 10.0. The molecule has 0 radical (unpaired) electrons. The summed E-state index contributed by atoms with van der Waals surface area (Å²) in [7, 11) is 0. The maximum Gasteiger partial charge on any atom is 0.248 e. The Bertz CT molecular complexity index is 701. The van der Waals surface area contributed by atoms with Gasteiger partial charge in [-0.2, -0.15) is 4.98 Å². The van der Waals surface area contributed by atoms with Crippen LogP contribution in [0, 0.1) is 19.8 Å². The van der Waals surface area contributed by atoms with E-state index in [9.17, 15) is 0 Å². The van der Waals surface area contributed by atoms with Crippen molar-refractivity contribution in [1.29, 1.82) is 0 Å². The second kappa shape index (κ2) is 6.44. The molecule has 2 N–H and O–H groups in total. The summed E-state index contributed by atoms with van der Waals surface area (Å²) in [6, 6.07) is 7.87. The molecule has 1 aliphatic heterocycles. The fourth-order valence-electron chi connectivity index (χ4n) is 3.03. The Labute approximate surface area is 137 Å². The highest BCUT2D eigenvalue weighted by Gasteiger charge is 2.22. The molecule has 0 amide bonds. The van der Waals surface area contributed by atoms with E-state index < -0.39 is 0 Å². The van der Waals surface area contributed by atoms with E-state index in [4.69, 9.17) is 10.5 Å². The van der Waals surface area contributed by atoms with Crippen molar-refractivity contribution in [2.45, 2.75) is 33.6 Å². The fraction of sp³-hybridized carbons (Fsp3) is 0.444. The van der Waals surface area contributed by atoms with E-state index in [1.807, 2.05) is 38.1 Å². The third kappa shape index (κ3) is 3.55. The van der Waals surface area contributed by atoms with Crippen LogP contribution in [-0.2, 0) is 0 Å². The van der Waals surface area contributed by atoms with E-state index in [0.29, 0.717) is 23.3 Å². The van der Waals surface area contributed by atoms with Gasteiger partial charge in [0.15, 0.2) is 5.82 Å². The number of ether oxygens (including phenoxy) is 1. The van der Waals surface area contributed by atoms with Crippen molar-refractivity contribution in [3.63, 3.8) is 0 Å². The minimum atomic E-state index is 0.441. The number of nitrogens with zero attached hydrogens (tertiary/aromatic N) is 3. The molecule has 1 aromatic heterocycles. The molecule has 2 heterocycles. The van der Waals surface area contributed by atoms with Crippen molar-refractivity contribution in [3.8, 4) is 11.6 Å². The zero-order valence-corrected chi connectivity index (χ0v) is 14.0. The first kappa shape index (κ1) is 15.6. The predicted octanol–water partition coefficient (Wildman–Crippen LogP) is 3.70. The Morgan fingerprint density at radius 1 is 1.26 bits per heavy atom. The molecular formula is C18H24N4O. The van der Waals surface area contributed by atoms with Gasteiger partial charge in [-0.3, -0.25) is 0 Å². The second-order valence-electron chi connectivity index (χ2n) is 6.43. The molecule has 0 bridgehead atoms. The highest BCUT2D eigenvalue weighted by atomic mass is 16.5. The summed E-state index contributed by atoms with van der Waals surface area (Å²) < 4.78 is 5.93. The number of aromatic nitrogens is 2. The molecule has 0 spiro atoms. The third-order valence-corrected chi connectivity index (χ3v) is 4.16. The van der Waals surface area contributed by atoms with Gasteiger partial charge in [0.1, 0.15) is 17.3 Å². The lowest BCUT2D eigenvalue weighted by Crippen LogP contribution is -2.35. The number of rotatable bonds is 3. The lowest BCUT2D eigenvalue weighted by molar-refractivity contribution is 0.440. The van der Waals surface area contributed by atoms with Gasteiger partial charge in [-0.1, -0.05) is 19.1 Å². The van der Waals surface area contributed by atoms with Gasteiger partial charge < -0.3 is 15.4 Å². The normalized spacial score (nSPS) is 18.0. The van der Waals surface area contributed by atoms with Crippen molar-refractivity contribution in [2.24, 2.45) is 5.92 Å². The Kier molecular flexibility index (Phi) is 4.37. The van der Waals surface area contributed by atoms with Gasteiger partial charge in [-0.05, 0) is 50.3 Å². The maximum atomic E-state index is 6.32. The van der Waals surface area contributed by atoms with Gasteiger partial charge in [0.2, 0.25) is 5.88 Å². The van der Waals surface area contributed by atoms with E-state index in [1.165, 1.54) is 6.42 Å². The Morgan fingerprint density at radius 3 is 2.83 bits per heavy atom. The summed E-state index contributed by atoms with van der Waals surface area (Å²) in [5.74, 6) is 3.31. The largest absolute Gasteiger partial charge is 0.437 e. The van der Waals surface area contributed by atoms with Crippen LogP contribution >= 0.6 is 0 Å². The molecular weight excluding hydrogens is 288 g/mol. The average molecular weight is 312 g/mol. The minimum absolute atomic E-state index is 0.441. The summed E-state index contributed by atoms with van der Waals surface area (Å²) in [4.78, 5) is 11.2. The van der Waals surface area contributed by atoms with Crippen LogP contribution in [0.2, 0.25) is 0 Å². The van der Waals surface area contributed by atoms with Gasteiger partial charge >= 0.3 is 0 Å². The number of piperidine rings is 1. The predicted molar refractivity (Wildman–Crippen MR) is 93.0 cm³/mol. The lowest BCUT2D eigenvalue weighted by Gasteiger charge is -2.32. The van der Waals surface area contributed by atoms with Crippen LogP contribution in [0.1, 0.15) is 31.2 Å². The number of hydrogen-bond acceptors (Lipinski definition) is 5. The average Bonchev–Trinajstić information content (AvgIpc) is 2.50. The molecule has 1 unspecified atom stereocenters. The molecule has 23 heavy (non-hydrogen) atoms. The van der Waals surface area contributed by atoms with Crippen LogP contribution in [-0.4, -0.2) is 23.1 Å². The van der Waals surface area contributed by atoms with E-state index in [1.54, 1.807) is 0 Å². The molecule has 1 atom stereocenters. The van der Waals surface area contributed by atoms with Crippen LogP contribution in [0.4, 0.5) is 11.5 Å². The summed E-state index contributed by atoms with van der Waals surface area (Å²) in [6.07, 6.45) is 2.42. The maximum absolute atomic E-state index is 6.32. The first-order valence-electron chi connectivity index (χ1n) is 8.16. The topological polar surface area (TPSA) is 64.3 Å². The first-order chi connectivity index (χ1) is 11.0. The minimum Gasteiger partial charge on any atom is -0.437 e. The van der Waals surface area contributed by atoms with Gasteiger partial charge in [0.25, 0.3) is 0 Å². The number of hydrogen-bond donors (Lipinski definition) is 1. The van der Waals surface area contributed by atoms with Crippen LogP contribution in [0.3, 0.4) is 0 Å². The van der Waals surface area contributed by atoms with E-state index >= 15 is 0 Å². The van der Waals surface area contributed by atoms with Crippen LogP contribution in [0.25, 0.3) is 0 Å². The molecule has 5 nitrogen and oxygen atoms in total. The molecule has 3 rings (SSSR count). The first-order valence-corrected chi connectivity index (χ1v) is 8.16. The summed E-state index contributed by atoms with van der Waals surface area (Å²) >= 11 is 0. The Morgan fingerprint density at radius 2 is 2.09 bits per heavy atom. The third-order valence-electron chi connectivity index (χ3n) is 4.16. The Balaban J connectivity index is 1.92. The fourth-order valence-corrected chi connectivity index (χ4v) is 3.03. The number of aryl methyl sites for hydroxylation is 2. The van der Waals surface area contributed by atoms with E-state index in [0.717, 1.165) is 36.6 Å². The quantitative estimate of drug-likeness (QED) is 0.936.